The molecule has 16 nitrogen and oxygen atoms in total. The van der Waals surface area contributed by atoms with Crippen molar-refractivity contribution in [2.75, 3.05) is 40.6 Å². The van der Waals surface area contributed by atoms with Crippen LogP contribution in [-0.2, 0) is 28.5 Å². The van der Waals surface area contributed by atoms with Gasteiger partial charge in [-0.15, -0.1) is 0 Å². The Bertz CT molecular complexity index is 2120. The van der Waals surface area contributed by atoms with Gasteiger partial charge in [0.1, 0.15) is 23.7 Å². The molecule has 2 unspecified atom stereocenters. The van der Waals surface area contributed by atoms with Gasteiger partial charge in [-0.25, -0.2) is 19.6 Å². The fraction of sp³-hybridized carbons (Fsp3) is 0.522. The van der Waals surface area contributed by atoms with Crippen molar-refractivity contribution in [3.63, 3.8) is 0 Å². The van der Waals surface area contributed by atoms with Crippen molar-refractivity contribution in [1.29, 1.82) is 0 Å². The molecule has 0 bridgehead atoms. The average Bonchev–Trinajstić information content (AvgIpc) is 3.90. The largest absolute Gasteiger partial charge is 0.453 e. The molecule has 2 aromatic heterocycles. The van der Waals surface area contributed by atoms with E-state index in [1.807, 2.05) is 22.2 Å². The number of piperidine rings is 2. The minimum absolute atomic E-state index is 0.101. The summed E-state index contributed by atoms with van der Waals surface area (Å²) in [5, 5.41) is 5.65. The van der Waals surface area contributed by atoms with E-state index in [4.69, 9.17) is 28.9 Å². The van der Waals surface area contributed by atoms with Crippen molar-refractivity contribution < 1.29 is 38.1 Å². The van der Waals surface area contributed by atoms with Crippen LogP contribution in [0.15, 0.2) is 60.9 Å². The van der Waals surface area contributed by atoms with Gasteiger partial charge in [0.25, 0.3) is 0 Å². The Morgan fingerprint density at radius 1 is 0.629 bits per heavy atom. The van der Waals surface area contributed by atoms with Gasteiger partial charge in [0, 0.05) is 37.1 Å². The fourth-order valence-corrected chi connectivity index (χ4v) is 10.5. The number of aromatic nitrogens is 4. The number of carbonyl (C=O) groups excluding carboxylic acids is 4. The number of fused-ring (bicyclic) bond motifs is 2. The standard InChI is InChI=1S/C46H54N8O8/c1-59-45(57)51-39(29-5-3-15-61-23-29)43(55)53-35-17-31(35)19-37(53)41-47-21-33(49-41)27-11-7-25(8-12-27)26-9-13-28(14-10-26)34-22-48-42(50-34)38-20-32-18-36(32)54(38)44(56)40(52-46(58)60-2)30-6-4-16-62-24-30/h7-14,21-22,29-32,35-40H,3-6,15-20,23-24H2,1-2H3,(H,47,49)(H,48,50)(H,51,57)(H,52,58)/t29-,30+,31-,32-,35-,36-,37+,38+,39?,40?/m1/s1. The number of methoxy groups -OCH3 is 2. The summed E-state index contributed by atoms with van der Waals surface area (Å²) < 4.78 is 21.2. The maximum atomic E-state index is 14.2. The molecule has 0 spiro atoms. The molecule has 16 heteroatoms. The summed E-state index contributed by atoms with van der Waals surface area (Å²) in [6, 6.07) is 15.1. The molecule has 2 aliphatic carbocycles. The van der Waals surface area contributed by atoms with Crippen molar-refractivity contribution in [1.82, 2.24) is 40.4 Å². The summed E-state index contributed by atoms with van der Waals surface area (Å²) >= 11 is 0. The monoisotopic (exact) mass is 846 g/mol. The number of aromatic amines is 2. The molecule has 4 N–H and O–H groups in total. The van der Waals surface area contributed by atoms with E-state index >= 15 is 0 Å². The lowest BCUT2D eigenvalue weighted by Gasteiger charge is -2.35. The van der Waals surface area contributed by atoms with Gasteiger partial charge in [0.2, 0.25) is 11.8 Å². The predicted molar refractivity (Wildman–Crippen MR) is 225 cm³/mol. The molecular weight excluding hydrogens is 793 g/mol. The number of H-pyrrole nitrogens is 2. The second-order valence-corrected chi connectivity index (χ2v) is 17.8. The lowest BCUT2D eigenvalue weighted by molar-refractivity contribution is -0.139. The van der Waals surface area contributed by atoms with Crippen LogP contribution >= 0.6 is 0 Å². The molecule has 4 aliphatic heterocycles. The van der Waals surface area contributed by atoms with Crippen molar-refractivity contribution in [2.45, 2.75) is 87.6 Å². The highest BCUT2D eigenvalue weighted by Crippen LogP contribution is 2.55. The van der Waals surface area contributed by atoms with Crippen LogP contribution in [0.3, 0.4) is 0 Å². The molecule has 2 aromatic carbocycles. The summed E-state index contributed by atoms with van der Waals surface area (Å²) in [4.78, 5) is 73.6. The number of hydrogen-bond acceptors (Lipinski definition) is 10. The number of nitrogens with zero attached hydrogens (tertiary/aromatic N) is 4. The third-order valence-corrected chi connectivity index (χ3v) is 14.0. The second kappa shape index (κ2) is 16.9. The molecule has 4 aromatic rings. The zero-order valence-corrected chi connectivity index (χ0v) is 35.1. The summed E-state index contributed by atoms with van der Waals surface area (Å²) in [5.74, 6) is 1.91. The second-order valence-electron chi connectivity index (χ2n) is 17.8. The van der Waals surface area contributed by atoms with Gasteiger partial charge < -0.3 is 49.3 Å². The highest BCUT2D eigenvalue weighted by atomic mass is 16.5. The van der Waals surface area contributed by atoms with Gasteiger partial charge in [-0.1, -0.05) is 48.5 Å². The molecule has 0 radical (unpaired) electrons. The number of likely N-dealkylation sites (tertiary alicyclic amines) is 2. The SMILES string of the molecule is COC(=O)NC(C(=O)N1[C@@H]2C[C@@H]2C[C@H]1c1ncc(-c2ccc(-c3ccc(-c4cnc([C@@H]5C[C@H]6C[C@H]6N5C(=O)C(NC(=O)OC)[C@H]5CCCOC5)[nH]4)cc3)cc2)[nH]1)[C@@H]1CCCOC1. The van der Waals surface area contributed by atoms with Crippen LogP contribution in [0, 0.1) is 23.7 Å². The summed E-state index contributed by atoms with van der Waals surface area (Å²) in [5.41, 5.74) is 5.83. The zero-order valence-electron chi connectivity index (χ0n) is 35.1. The number of rotatable bonds is 11. The van der Waals surface area contributed by atoms with E-state index in [0.29, 0.717) is 38.3 Å². The Kier molecular flexibility index (Phi) is 11.0. The fourth-order valence-electron chi connectivity index (χ4n) is 10.5. The molecule has 6 fully saturated rings. The predicted octanol–water partition coefficient (Wildman–Crippen LogP) is 5.76. The van der Waals surface area contributed by atoms with E-state index in [0.717, 1.165) is 96.7 Å². The lowest BCUT2D eigenvalue weighted by Crippen LogP contribution is -2.54. The summed E-state index contributed by atoms with van der Waals surface area (Å²) in [6.45, 7) is 2.17. The van der Waals surface area contributed by atoms with E-state index < -0.39 is 24.3 Å². The van der Waals surface area contributed by atoms with Crippen LogP contribution in [0.2, 0.25) is 0 Å². The van der Waals surface area contributed by atoms with Crippen LogP contribution in [0.25, 0.3) is 33.6 Å². The first-order valence-electron chi connectivity index (χ1n) is 22.1. The third kappa shape index (κ3) is 7.82. The van der Waals surface area contributed by atoms with Gasteiger partial charge >= 0.3 is 12.2 Å². The van der Waals surface area contributed by atoms with E-state index in [-0.39, 0.29) is 47.8 Å². The number of carbonyl (C=O) groups is 4. The van der Waals surface area contributed by atoms with Crippen LogP contribution in [0.1, 0.15) is 75.1 Å². The smallest absolute Gasteiger partial charge is 0.407 e. The van der Waals surface area contributed by atoms with Crippen LogP contribution in [0.5, 0.6) is 0 Å². The highest BCUT2D eigenvalue weighted by molar-refractivity contribution is 5.88. The van der Waals surface area contributed by atoms with Crippen LogP contribution < -0.4 is 10.6 Å². The minimum Gasteiger partial charge on any atom is -0.453 e. The van der Waals surface area contributed by atoms with Crippen molar-refractivity contribution in [3.8, 4) is 33.6 Å². The van der Waals surface area contributed by atoms with E-state index in [9.17, 15) is 19.2 Å². The number of alkyl carbamates (subject to hydrolysis) is 2. The molecule has 10 rings (SSSR count). The van der Waals surface area contributed by atoms with Crippen molar-refractivity contribution in [3.05, 3.63) is 72.6 Å². The number of imidazole rings is 2. The molecule has 326 valence electrons. The lowest BCUT2D eigenvalue weighted by atomic mass is 9.92. The number of hydrogen-bond donors (Lipinski definition) is 4. The van der Waals surface area contributed by atoms with Gasteiger partial charge in [0.15, 0.2) is 0 Å². The van der Waals surface area contributed by atoms with Gasteiger partial charge in [0.05, 0.1) is 63.3 Å². The maximum Gasteiger partial charge on any atom is 0.407 e. The Balaban J connectivity index is 0.804. The minimum atomic E-state index is -0.720. The molecule has 62 heavy (non-hydrogen) atoms. The summed E-state index contributed by atoms with van der Waals surface area (Å²) in [6.07, 6.45) is 9.30. The first-order chi connectivity index (χ1) is 30.3. The zero-order chi connectivity index (χ0) is 42.5. The van der Waals surface area contributed by atoms with Gasteiger partial charge in [-0.2, -0.15) is 0 Å². The first kappa shape index (κ1) is 40.3. The van der Waals surface area contributed by atoms with Gasteiger partial charge in [-0.05, 0) is 85.5 Å². The van der Waals surface area contributed by atoms with E-state index in [2.05, 4.69) is 69.1 Å². The molecule has 4 saturated heterocycles. The average molecular weight is 847 g/mol. The van der Waals surface area contributed by atoms with Crippen molar-refractivity contribution in [2.24, 2.45) is 23.7 Å². The highest BCUT2D eigenvalue weighted by Gasteiger charge is 2.58. The Morgan fingerprint density at radius 2 is 1.03 bits per heavy atom. The number of amides is 4. The van der Waals surface area contributed by atoms with Crippen LogP contribution in [0.4, 0.5) is 9.59 Å². The Labute approximate surface area is 359 Å². The first-order valence-corrected chi connectivity index (χ1v) is 22.1. The van der Waals surface area contributed by atoms with Gasteiger partial charge in [-0.3, -0.25) is 9.59 Å². The molecule has 6 aliphatic rings. The summed E-state index contributed by atoms with van der Waals surface area (Å²) in [7, 11) is 2.62. The quantitative estimate of drug-likeness (QED) is 0.144. The maximum absolute atomic E-state index is 14.2. The molecule has 6 heterocycles. The molecule has 10 atom stereocenters. The topological polar surface area (TPSA) is 193 Å². The Hall–Kier alpha value is -5.74. The molecular formula is C46H54N8O8. The number of nitrogens with one attached hydrogen (secondary N) is 4. The van der Waals surface area contributed by atoms with Crippen LogP contribution in [-0.4, -0.2) is 119 Å². The molecule has 4 amide bonds. The number of ether oxygens (including phenoxy) is 4. The van der Waals surface area contributed by atoms with E-state index in [1.165, 1.54) is 14.2 Å². The Morgan fingerprint density at radius 3 is 1.40 bits per heavy atom. The third-order valence-electron chi connectivity index (χ3n) is 14.0. The van der Waals surface area contributed by atoms with E-state index in [1.54, 1.807) is 0 Å². The number of benzene rings is 2. The van der Waals surface area contributed by atoms with Crippen molar-refractivity contribution >= 4 is 24.0 Å². The molecule has 2 saturated carbocycles. The normalized spacial score (nSPS) is 28.3.